The fraction of sp³-hybridized carbons (Fsp3) is 0.467. The lowest BCUT2D eigenvalue weighted by Crippen LogP contribution is -2.33. The number of benzene rings is 1. The van der Waals surface area contributed by atoms with Gasteiger partial charge in [-0.2, -0.15) is 11.8 Å². The molecule has 1 aliphatic heterocycles. The normalized spacial score (nSPS) is 18.5. The van der Waals surface area contributed by atoms with E-state index in [-0.39, 0.29) is 17.9 Å². The van der Waals surface area contributed by atoms with Gasteiger partial charge in [-0.25, -0.2) is 4.79 Å². The molecule has 1 aromatic rings. The van der Waals surface area contributed by atoms with Gasteiger partial charge in [-0.05, 0) is 30.2 Å². The second-order valence-corrected chi connectivity index (χ2v) is 6.34. The second-order valence-electron chi connectivity index (χ2n) is 4.93. The van der Waals surface area contributed by atoms with Gasteiger partial charge >= 0.3 is 5.97 Å². The van der Waals surface area contributed by atoms with Crippen molar-refractivity contribution in [3.63, 3.8) is 0 Å². The Morgan fingerprint density at radius 2 is 2.10 bits per heavy atom. The summed E-state index contributed by atoms with van der Waals surface area (Å²) in [6.07, 6.45) is 3.77. The highest BCUT2D eigenvalue weighted by Crippen LogP contribution is 2.24. The van der Waals surface area contributed by atoms with Gasteiger partial charge in [0.1, 0.15) is 0 Å². The second kappa shape index (κ2) is 7.33. The van der Waals surface area contributed by atoms with Crippen molar-refractivity contribution in [3.05, 3.63) is 35.4 Å². The summed E-state index contributed by atoms with van der Waals surface area (Å²) < 4.78 is 0. The van der Waals surface area contributed by atoms with E-state index in [0.29, 0.717) is 17.4 Å². The number of carbonyl (C=O) groups is 2. The standard InChI is InChI=1S/C15H19NO3S/c17-14(16-10-12-6-3-4-8-20-12)9-11-5-1-2-7-13(11)15(18)19/h1-2,5,7,12H,3-4,6,8-10H2,(H,16,17)(H,18,19). The summed E-state index contributed by atoms with van der Waals surface area (Å²) in [7, 11) is 0. The minimum absolute atomic E-state index is 0.107. The Kier molecular flexibility index (Phi) is 5.47. The molecule has 0 spiro atoms. The molecule has 1 aromatic carbocycles. The van der Waals surface area contributed by atoms with Crippen LogP contribution in [0.15, 0.2) is 24.3 Å². The predicted molar refractivity (Wildman–Crippen MR) is 80.2 cm³/mol. The molecule has 1 amide bonds. The van der Waals surface area contributed by atoms with Crippen molar-refractivity contribution >= 4 is 23.6 Å². The van der Waals surface area contributed by atoms with Crippen molar-refractivity contribution in [3.8, 4) is 0 Å². The Morgan fingerprint density at radius 3 is 2.80 bits per heavy atom. The van der Waals surface area contributed by atoms with E-state index in [0.717, 1.165) is 6.42 Å². The van der Waals surface area contributed by atoms with E-state index in [1.54, 1.807) is 18.2 Å². The molecule has 0 bridgehead atoms. The van der Waals surface area contributed by atoms with Crippen LogP contribution in [0.1, 0.15) is 35.2 Å². The fourth-order valence-corrected chi connectivity index (χ4v) is 3.55. The number of carboxylic acids is 1. The molecule has 108 valence electrons. The molecule has 1 heterocycles. The zero-order valence-corrected chi connectivity index (χ0v) is 12.1. The Balaban J connectivity index is 1.86. The maximum Gasteiger partial charge on any atom is 0.335 e. The van der Waals surface area contributed by atoms with E-state index < -0.39 is 5.97 Å². The number of hydrogen-bond acceptors (Lipinski definition) is 3. The predicted octanol–water partition coefficient (Wildman–Crippen LogP) is 2.33. The Hall–Kier alpha value is -1.49. The number of nitrogens with one attached hydrogen (secondary N) is 1. The molecule has 1 atom stereocenters. The summed E-state index contributed by atoms with van der Waals surface area (Å²) in [5.74, 6) is 0.0728. The van der Waals surface area contributed by atoms with E-state index in [9.17, 15) is 9.59 Å². The molecule has 1 aliphatic rings. The summed E-state index contributed by atoms with van der Waals surface area (Å²) in [6, 6.07) is 6.65. The zero-order valence-electron chi connectivity index (χ0n) is 11.3. The van der Waals surface area contributed by atoms with Crippen LogP contribution >= 0.6 is 11.8 Å². The summed E-state index contributed by atoms with van der Waals surface area (Å²) in [5.41, 5.74) is 0.767. The van der Waals surface area contributed by atoms with Gasteiger partial charge in [0.25, 0.3) is 0 Å². The van der Waals surface area contributed by atoms with Crippen LogP contribution in [0.4, 0.5) is 0 Å². The van der Waals surface area contributed by atoms with Crippen LogP contribution < -0.4 is 5.32 Å². The molecule has 4 nitrogen and oxygen atoms in total. The third-order valence-corrected chi connectivity index (χ3v) is 4.80. The molecule has 20 heavy (non-hydrogen) atoms. The first-order valence-electron chi connectivity index (χ1n) is 6.86. The summed E-state index contributed by atoms with van der Waals surface area (Å²) >= 11 is 1.91. The number of aromatic carboxylic acids is 1. The number of carbonyl (C=O) groups excluding carboxylic acids is 1. The highest BCUT2D eigenvalue weighted by Gasteiger charge is 2.16. The molecular weight excluding hydrogens is 274 g/mol. The lowest BCUT2D eigenvalue weighted by atomic mass is 10.0. The van der Waals surface area contributed by atoms with Crippen LogP contribution in [-0.4, -0.2) is 34.5 Å². The van der Waals surface area contributed by atoms with Gasteiger partial charge in [0.05, 0.1) is 12.0 Å². The minimum Gasteiger partial charge on any atom is -0.478 e. The van der Waals surface area contributed by atoms with E-state index in [2.05, 4.69) is 5.32 Å². The summed E-state index contributed by atoms with van der Waals surface area (Å²) in [6.45, 7) is 0.679. The van der Waals surface area contributed by atoms with Crippen molar-refractivity contribution < 1.29 is 14.7 Å². The number of carboxylic acid groups (broad SMARTS) is 1. The average molecular weight is 293 g/mol. The van der Waals surface area contributed by atoms with Crippen molar-refractivity contribution in [2.45, 2.75) is 30.9 Å². The Bertz CT molecular complexity index is 484. The topological polar surface area (TPSA) is 66.4 Å². The molecule has 0 aliphatic carbocycles. The quantitative estimate of drug-likeness (QED) is 0.874. The van der Waals surface area contributed by atoms with Gasteiger partial charge in [-0.3, -0.25) is 4.79 Å². The molecule has 0 saturated carbocycles. The van der Waals surface area contributed by atoms with Crippen LogP contribution in [0, 0.1) is 0 Å². The lowest BCUT2D eigenvalue weighted by Gasteiger charge is -2.21. The molecule has 1 fully saturated rings. The maximum atomic E-state index is 11.9. The number of amides is 1. The highest BCUT2D eigenvalue weighted by atomic mass is 32.2. The zero-order chi connectivity index (χ0) is 14.4. The highest BCUT2D eigenvalue weighted by molar-refractivity contribution is 7.99. The van der Waals surface area contributed by atoms with Crippen molar-refractivity contribution in [1.82, 2.24) is 5.32 Å². The van der Waals surface area contributed by atoms with Crippen molar-refractivity contribution in [2.75, 3.05) is 12.3 Å². The SMILES string of the molecule is O=C(Cc1ccccc1C(=O)O)NCC1CCCCS1. The van der Waals surface area contributed by atoms with Crippen LogP contribution in [0.25, 0.3) is 0 Å². The average Bonchev–Trinajstić information content (AvgIpc) is 2.46. The molecule has 0 aromatic heterocycles. The Labute approximate surface area is 123 Å². The maximum absolute atomic E-state index is 11.9. The first-order valence-corrected chi connectivity index (χ1v) is 7.91. The molecular formula is C15H19NO3S. The molecule has 0 radical (unpaired) electrons. The molecule has 1 unspecified atom stereocenters. The summed E-state index contributed by atoms with van der Waals surface area (Å²) in [4.78, 5) is 23.0. The third-order valence-electron chi connectivity index (χ3n) is 3.40. The Morgan fingerprint density at radius 1 is 1.30 bits per heavy atom. The van der Waals surface area contributed by atoms with E-state index in [4.69, 9.17) is 5.11 Å². The van der Waals surface area contributed by atoms with E-state index in [1.165, 1.54) is 24.7 Å². The first-order chi connectivity index (χ1) is 9.66. The smallest absolute Gasteiger partial charge is 0.335 e. The van der Waals surface area contributed by atoms with E-state index in [1.807, 2.05) is 11.8 Å². The first kappa shape index (κ1) is 14.9. The molecule has 1 saturated heterocycles. The van der Waals surface area contributed by atoms with Crippen LogP contribution in [-0.2, 0) is 11.2 Å². The third kappa shape index (κ3) is 4.27. The van der Waals surface area contributed by atoms with Gasteiger partial charge in [0.15, 0.2) is 0 Å². The van der Waals surface area contributed by atoms with Crippen LogP contribution in [0.2, 0.25) is 0 Å². The fourth-order valence-electron chi connectivity index (χ4n) is 2.31. The number of hydrogen-bond donors (Lipinski definition) is 2. The van der Waals surface area contributed by atoms with Crippen molar-refractivity contribution in [1.29, 1.82) is 0 Å². The minimum atomic E-state index is -0.990. The number of thioether (sulfide) groups is 1. The van der Waals surface area contributed by atoms with Gasteiger partial charge in [-0.1, -0.05) is 24.6 Å². The van der Waals surface area contributed by atoms with Crippen LogP contribution in [0.3, 0.4) is 0 Å². The van der Waals surface area contributed by atoms with Gasteiger partial charge in [0, 0.05) is 11.8 Å². The summed E-state index contributed by atoms with van der Waals surface area (Å²) in [5, 5.41) is 12.5. The molecule has 5 heteroatoms. The lowest BCUT2D eigenvalue weighted by molar-refractivity contribution is -0.120. The van der Waals surface area contributed by atoms with Gasteiger partial charge in [-0.15, -0.1) is 0 Å². The van der Waals surface area contributed by atoms with Crippen LogP contribution in [0.5, 0.6) is 0 Å². The monoisotopic (exact) mass is 293 g/mol. The molecule has 2 N–H and O–H groups in total. The molecule has 2 rings (SSSR count). The largest absolute Gasteiger partial charge is 0.478 e. The number of rotatable bonds is 5. The van der Waals surface area contributed by atoms with Gasteiger partial charge < -0.3 is 10.4 Å². The van der Waals surface area contributed by atoms with Crippen molar-refractivity contribution in [2.24, 2.45) is 0 Å². The van der Waals surface area contributed by atoms with Gasteiger partial charge in [0.2, 0.25) is 5.91 Å². The van der Waals surface area contributed by atoms with E-state index >= 15 is 0 Å².